The fraction of sp³-hybridized carbons (Fsp3) is 0.261. The summed E-state index contributed by atoms with van der Waals surface area (Å²) in [5, 5.41) is 3.10. The van der Waals surface area contributed by atoms with Crippen LogP contribution in [0.2, 0.25) is 0 Å². The maximum atomic E-state index is 12.4. The molecule has 1 saturated heterocycles. The first kappa shape index (κ1) is 21.2. The first-order chi connectivity index (χ1) is 15.7. The lowest BCUT2D eigenvalue weighted by molar-refractivity contribution is -0.274. The molecule has 7 nitrogen and oxygen atoms in total. The van der Waals surface area contributed by atoms with Gasteiger partial charge >= 0.3 is 6.36 Å². The normalized spacial score (nSPS) is 21.5. The SMILES string of the molecule is C=C(Nc1ccc(OC(F)(F)F)cc1)c1cnc(N2CC3CC3(N)C2)c(-c2cncnc2)c1. The van der Waals surface area contributed by atoms with Gasteiger partial charge in [0.1, 0.15) is 17.9 Å². The summed E-state index contributed by atoms with van der Waals surface area (Å²) in [6, 6.07) is 7.39. The third-order valence-electron chi connectivity index (χ3n) is 5.97. The zero-order chi connectivity index (χ0) is 23.2. The molecule has 33 heavy (non-hydrogen) atoms. The molecule has 2 atom stereocenters. The highest BCUT2D eigenvalue weighted by molar-refractivity contribution is 5.82. The summed E-state index contributed by atoms with van der Waals surface area (Å²) in [6.07, 6.45) is 2.94. The van der Waals surface area contributed by atoms with Gasteiger partial charge in [-0.25, -0.2) is 15.0 Å². The number of rotatable bonds is 6. The van der Waals surface area contributed by atoms with E-state index in [0.29, 0.717) is 17.3 Å². The number of nitrogens with zero attached hydrogens (tertiary/aromatic N) is 4. The summed E-state index contributed by atoms with van der Waals surface area (Å²) >= 11 is 0. The highest BCUT2D eigenvalue weighted by Gasteiger charge is 2.57. The van der Waals surface area contributed by atoms with Crippen LogP contribution in [0, 0.1) is 5.92 Å². The Labute approximate surface area is 188 Å². The smallest absolute Gasteiger partial charge is 0.406 e. The standard InChI is InChI=1S/C23H21F3N6O/c1-14(31-18-2-4-19(5-3-18)33-23(24,25)26)15-6-20(16-8-28-13-29-9-16)21(30-10-15)32-11-17-7-22(17,27)12-32/h2-6,8-10,13,17,31H,1,7,11-12,27H2. The van der Waals surface area contributed by atoms with Gasteiger partial charge in [0.15, 0.2) is 0 Å². The summed E-state index contributed by atoms with van der Waals surface area (Å²) in [5.74, 6) is 1.00. The molecular weight excluding hydrogens is 433 g/mol. The van der Waals surface area contributed by atoms with Crippen LogP contribution in [0.4, 0.5) is 24.7 Å². The summed E-state index contributed by atoms with van der Waals surface area (Å²) in [4.78, 5) is 15.2. The van der Waals surface area contributed by atoms with Crippen molar-refractivity contribution in [2.45, 2.75) is 18.3 Å². The Bertz CT molecular complexity index is 1190. The minimum atomic E-state index is -4.73. The number of anilines is 2. The van der Waals surface area contributed by atoms with Crippen LogP contribution in [0.15, 0.2) is 61.8 Å². The third kappa shape index (κ3) is 4.47. The van der Waals surface area contributed by atoms with Gasteiger partial charge in [0.25, 0.3) is 0 Å². The summed E-state index contributed by atoms with van der Waals surface area (Å²) in [7, 11) is 0. The zero-order valence-electron chi connectivity index (χ0n) is 17.5. The molecule has 10 heteroatoms. The van der Waals surface area contributed by atoms with Gasteiger partial charge in [-0.15, -0.1) is 13.2 Å². The summed E-state index contributed by atoms with van der Waals surface area (Å²) < 4.78 is 41.0. The molecule has 1 aromatic carbocycles. The monoisotopic (exact) mass is 454 g/mol. The Morgan fingerprint density at radius 3 is 2.55 bits per heavy atom. The molecule has 2 aromatic heterocycles. The van der Waals surface area contributed by atoms with Gasteiger partial charge in [0.05, 0.1) is 0 Å². The van der Waals surface area contributed by atoms with Gasteiger partial charge in [-0.2, -0.15) is 0 Å². The Balaban J connectivity index is 1.39. The van der Waals surface area contributed by atoms with E-state index < -0.39 is 6.36 Å². The summed E-state index contributed by atoms with van der Waals surface area (Å²) in [5.41, 5.74) is 9.75. The number of alkyl halides is 3. The summed E-state index contributed by atoms with van der Waals surface area (Å²) in [6.45, 7) is 5.67. The third-order valence-corrected chi connectivity index (χ3v) is 5.97. The van der Waals surface area contributed by atoms with Crippen LogP contribution in [0.25, 0.3) is 16.8 Å². The second kappa shape index (κ2) is 7.73. The average Bonchev–Trinajstić information content (AvgIpc) is 3.30. The molecule has 3 N–H and O–H groups in total. The van der Waals surface area contributed by atoms with Crippen molar-refractivity contribution in [2.75, 3.05) is 23.3 Å². The predicted octanol–water partition coefficient (Wildman–Crippen LogP) is 4.06. The second-order valence-corrected chi connectivity index (χ2v) is 8.41. The van der Waals surface area contributed by atoms with E-state index in [4.69, 9.17) is 10.7 Å². The highest BCUT2D eigenvalue weighted by atomic mass is 19.4. The van der Waals surface area contributed by atoms with Crippen LogP contribution in [0.3, 0.4) is 0 Å². The Morgan fingerprint density at radius 1 is 1.18 bits per heavy atom. The first-order valence-corrected chi connectivity index (χ1v) is 10.3. The van der Waals surface area contributed by atoms with Crippen LogP contribution >= 0.6 is 0 Å². The average molecular weight is 454 g/mol. The molecule has 3 aromatic rings. The molecule has 170 valence electrons. The molecule has 3 heterocycles. The van der Waals surface area contributed by atoms with Crippen molar-refractivity contribution in [1.29, 1.82) is 0 Å². The van der Waals surface area contributed by atoms with Gasteiger partial charge in [-0.05, 0) is 42.7 Å². The van der Waals surface area contributed by atoms with E-state index in [1.807, 2.05) is 6.07 Å². The van der Waals surface area contributed by atoms with E-state index in [9.17, 15) is 13.2 Å². The Morgan fingerprint density at radius 2 is 1.91 bits per heavy atom. The molecule has 1 aliphatic carbocycles. The van der Waals surface area contributed by atoms with Crippen LogP contribution < -0.4 is 20.7 Å². The number of hydrogen-bond donors (Lipinski definition) is 2. The number of fused-ring (bicyclic) bond motifs is 1. The van der Waals surface area contributed by atoms with Gasteiger partial charge in [-0.3, -0.25) is 0 Å². The van der Waals surface area contributed by atoms with E-state index in [0.717, 1.165) is 42.0 Å². The van der Waals surface area contributed by atoms with E-state index in [-0.39, 0.29) is 11.3 Å². The maximum Gasteiger partial charge on any atom is 0.573 e. The molecule has 0 bridgehead atoms. The quantitative estimate of drug-likeness (QED) is 0.581. The Hall–Kier alpha value is -3.66. The minimum Gasteiger partial charge on any atom is -0.406 e. The lowest BCUT2D eigenvalue weighted by Crippen LogP contribution is -2.33. The van der Waals surface area contributed by atoms with Crippen molar-refractivity contribution in [3.05, 3.63) is 67.4 Å². The molecule has 0 radical (unpaired) electrons. The fourth-order valence-corrected chi connectivity index (χ4v) is 4.20. The molecular formula is C23H21F3N6O. The van der Waals surface area contributed by atoms with E-state index in [2.05, 4.69) is 31.5 Å². The largest absolute Gasteiger partial charge is 0.573 e. The van der Waals surface area contributed by atoms with Crippen molar-refractivity contribution in [3.8, 4) is 16.9 Å². The lowest BCUT2D eigenvalue weighted by Gasteiger charge is -2.24. The Kier molecular flexibility index (Phi) is 4.97. The van der Waals surface area contributed by atoms with Crippen LogP contribution in [0.5, 0.6) is 5.75 Å². The molecule has 2 fully saturated rings. The minimum absolute atomic E-state index is 0.127. The van der Waals surface area contributed by atoms with Crippen LogP contribution in [0.1, 0.15) is 12.0 Å². The van der Waals surface area contributed by atoms with E-state index in [1.165, 1.54) is 30.6 Å². The van der Waals surface area contributed by atoms with Gasteiger partial charge in [0.2, 0.25) is 0 Å². The fourth-order valence-electron chi connectivity index (χ4n) is 4.20. The number of halogens is 3. The molecule has 2 unspecified atom stereocenters. The van der Waals surface area contributed by atoms with Gasteiger partial charge < -0.3 is 20.7 Å². The van der Waals surface area contributed by atoms with Crippen LogP contribution in [-0.4, -0.2) is 39.9 Å². The van der Waals surface area contributed by atoms with Crippen molar-refractivity contribution < 1.29 is 17.9 Å². The molecule has 1 aliphatic heterocycles. The second-order valence-electron chi connectivity index (χ2n) is 8.41. The van der Waals surface area contributed by atoms with Gasteiger partial charge in [-0.1, -0.05) is 6.58 Å². The molecule has 1 saturated carbocycles. The number of nitrogens with one attached hydrogen (secondary N) is 1. The van der Waals surface area contributed by atoms with E-state index in [1.54, 1.807) is 18.6 Å². The highest BCUT2D eigenvalue weighted by Crippen LogP contribution is 2.49. The van der Waals surface area contributed by atoms with Crippen molar-refractivity contribution in [3.63, 3.8) is 0 Å². The van der Waals surface area contributed by atoms with Crippen molar-refractivity contribution in [2.24, 2.45) is 11.7 Å². The number of aromatic nitrogens is 3. The number of pyridine rings is 1. The van der Waals surface area contributed by atoms with Crippen molar-refractivity contribution in [1.82, 2.24) is 15.0 Å². The number of hydrogen-bond acceptors (Lipinski definition) is 7. The maximum absolute atomic E-state index is 12.4. The topological polar surface area (TPSA) is 89.2 Å². The van der Waals surface area contributed by atoms with Gasteiger partial charge in [0, 0.05) is 65.3 Å². The van der Waals surface area contributed by atoms with Crippen molar-refractivity contribution >= 4 is 17.2 Å². The number of nitrogens with two attached hydrogens (primary N) is 1. The molecule has 0 spiro atoms. The molecule has 0 amide bonds. The number of ether oxygens (including phenoxy) is 1. The number of benzene rings is 1. The van der Waals surface area contributed by atoms with Crippen LogP contribution in [-0.2, 0) is 0 Å². The predicted molar refractivity (Wildman–Crippen MR) is 118 cm³/mol. The van der Waals surface area contributed by atoms with E-state index >= 15 is 0 Å². The molecule has 2 aliphatic rings. The zero-order valence-corrected chi connectivity index (χ0v) is 17.5. The first-order valence-electron chi connectivity index (χ1n) is 10.3. The number of piperidine rings is 1. The molecule has 5 rings (SSSR count). The lowest BCUT2D eigenvalue weighted by atomic mass is 10.1.